The van der Waals surface area contributed by atoms with Crippen molar-refractivity contribution in [2.24, 2.45) is 35.2 Å². The molecule has 0 atom stereocenters. The molecule has 20 rings (SSSR count). The summed E-state index contributed by atoms with van der Waals surface area (Å²) >= 11 is 0. The quantitative estimate of drug-likeness (QED) is 0.152. The number of aromatic nitrogens is 10. The summed E-state index contributed by atoms with van der Waals surface area (Å²) in [7, 11) is 10.2. The van der Waals surface area contributed by atoms with Crippen LogP contribution in [0.3, 0.4) is 0 Å². The zero-order valence-electron chi connectivity index (χ0n) is 71.7. The van der Waals surface area contributed by atoms with Gasteiger partial charge in [0.2, 0.25) is 34.2 Å². The van der Waals surface area contributed by atoms with Gasteiger partial charge in [-0.3, -0.25) is 15.0 Å². The van der Waals surface area contributed by atoms with Gasteiger partial charge in [0, 0.05) is 140 Å². The topological polar surface area (TPSA) is 150 Å². The summed E-state index contributed by atoms with van der Waals surface area (Å²) in [6.07, 6.45) is 13.8. The van der Waals surface area contributed by atoms with Crippen molar-refractivity contribution in [3.8, 4) is 56.3 Å². The van der Waals surface area contributed by atoms with E-state index >= 15 is 0 Å². The van der Waals surface area contributed by atoms with Crippen molar-refractivity contribution in [2.75, 3.05) is 0 Å². The average Bonchev–Trinajstić information content (AvgIpc) is 1.46. The van der Waals surface area contributed by atoms with Crippen molar-refractivity contribution in [3.63, 3.8) is 0 Å². The summed E-state index contributed by atoms with van der Waals surface area (Å²) in [4.78, 5) is 22.7. The van der Waals surface area contributed by atoms with Crippen molar-refractivity contribution in [2.45, 2.75) is 104 Å². The van der Waals surface area contributed by atoms with Gasteiger partial charge in [-0.05, 0) is 205 Å². The maximum Gasteiger partial charge on any atom is 0.227 e. The van der Waals surface area contributed by atoms with Crippen LogP contribution in [0.4, 0.5) is 0 Å². The number of hydrogen-bond acceptors (Lipinski definition) is 10. The Morgan fingerprint density at radius 3 is 1.28 bits per heavy atom. The molecule has 0 aliphatic heterocycles. The first kappa shape index (κ1) is 71.9. The normalized spacial score (nSPS) is 12.0. The highest BCUT2D eigenvalue weighted by Crippen LogP contribution is 2.43. The SMILES string of the molecule is Cc1ccc(-c2c(C)ccc3c2oc2ccc(C)nc23)[n+](C)c1.Cc1ccc(-c2c(C)ccc3c2oc2ccnc(C)c23)[n+](C)c1.Cc1ccc(-c2c(C)ccc3c2oc2cnc(C)cc23)[n+](C)c1.Cc1ccc(-c2c(C)nc(C)c3c2oc2ccccc23)[n+](C)c1.[2H]C([2H])([2H])c1ccc(-c2c(C)ccc3c2oc2nc(C)ccc23)[n+](C)c1. The maximum atomic E-state index is 7.60. The highest BCUT2D eigenvalue weighted by Gasteiger charge is 2.28. The fourth-order valence-electron chi connectivity index (χ4n) is 16.4. The lowest BCUT2D eigenvalue weighted by Crippen LogP contribution is -2.31. The van der Waals surface area contributed by atoms with Crippen molar-refractivity contribution in [3.05, 3.63) is 297 Å². The molecule has 0 radical (unpaired) electrons. The Kier molecular flexibility index (Phi) is 18.9. The minimum Gasteiger partial charge on any atom is -0.455 e. The van der Waals surface area contributed by atoms with Crippen LogP contribution in [-0.4, -0.2) is 24.9 Å². The van der Waals surface area contributed by atoms with Crippen LogP contribution in [0.25, 0.3) is 166 Å². The fourth-order valence-corrected chi connectivity index (χ4v) is 16.4. The second-order valence-electron chi connectivity index (χ2n) is 30.8. The van der Waals surface area contributed by atoms with E-state index in [1.807, 2.05) is 113 Å². The van der Waals surface area contributed by atoms with Crippen LogP contribution >= 0.6 is 0 Å². The van der Waals surface area contributed by atoms with Crippen LogP contribution in [0.5, 0.6) is 0 Å². The molecular formula is C100H95N10O5+5. The second-order valence-corrected chi connectivity index (χ2v) is 30.8. The molecule has 570 valence electrons. The van der Waals surface area contributed by atoms with Crippen LogP contribution in [-0.2, 0) is 35.2 Å². The van der Waals surface area contributed by atoms with E-state index in [9.17, 15) is 0 Å². The highest BCUT2D eigenvalue weighted by atomic mass is 16.3. The minimum atomic E-state index is -2.13. The molecule has 0 unspecified atom stereocenters. The molecule has 0 aliphatic carbocycles. The van der Waals surface area contributed by atoms with Gasteiger partial charge in [0.1, 0.15) is 68.7 Å². The summed E-state index contributed by atoms with van der Waals surface area (Å²) in [6.45, 7) is 26.8. The van der Waals surface area contributed by atoms with Gasteiger partial charge in [0.25, 0.3) is 0 Å². The van der Waals surface area contributed by atoms with Crippen LogP contribution in [0.2, 0.25) is 0 Å². The van der Waals surface area contributed by atoms with E-state index in [1.54, 1.807) is 18.5 Å². The number of benzene rings is 5. The lowest BCUT2D eigenvalue weighted by atomic mass is 10.00. The molecule has 0 N–H and O–H groups in total. The van der Waals surface area contributed by atoms with Gasteiger partial charge in [-0.1, -0.05) is 60.7 Å². The Balaban J connectivity index is 0.000000110. The van der Waals surface area contributed by atoms with Crippen LogP contribution in [0.15, 0.2) is 235 Å². The largest absolute Gasteiger partial charge is 0.455 e. The average molecular weight is 1520 g/mol. The molecule has 0 spiro atoms. The molecule has 0 saturated carbocycles. The molecule has 0 fully saturated rings. The number of aryl methyl sites for hydroxylation is 20. The smallest absolute Gasteiger partial charge is 0.227 e. The molecule has 15 aromatic heterocycles. The fraction of sp³-hybridized carbons (Fsp3) is 0.200. The zero-order chi connectivity index (χ0) is 83.2. The van der Waals surface area contributed by atoms with Gasteiger partial charge in [-0.15, -0.1) is 0 Å². The second kappa shape index (κ2) is 30.3. The number of furan rings is 5. The monoisotopic (exact) mass is 1520 g/mol. The summed E-state index contributed by atoms with van der Waals surface area (Å²) in [5, 5.41) is 9.82. The third-order valence-electron chi connectivity index (χ3n) is 21.9. The summed E-state index contributed by atoms with van der Waals surface area (Å²) in [5.74, 6) is 0. The molecule has 15 nitrogen and oxygen atoms in total. The van der Waals surface area contributed by atoms with Crippen LogP contribution in [0, 0.1) is 104 Å². The number of fused-ring (bicyclic) bond motifs is 15. The third-order valence-corrected chi connectivity index (χ3v) is 21.9. The van der Waals surface area contributed by atoms with Crippen molar-refractivity contribution >= 4 is 110 Å². The first-order valence-corrected chi connectivity index (χ1v) is 38.8. The maximum absolute atomic E-state index is 7.60. The summed E-state index contributed by atoms with van der Waals surface area (Å²) < 4.78 is 64.2. The van der Waals surface area contributed by atoms with Crippen LogP contribution in [0.1, 0.15) is 88.3 Å². The zero-order valence-corrected chi connectivity index (χ0v) is 68.7. The molecule has 15 heterocycles. The molecule has 115 heavy (non-hydrogen) atoms. The first-order chi connectivity index (χ1) is 56.5. The van der Waals surface area contributed by atoms with Gasteiger partial charge < -0.3 is 22.1 Å². The number of rotatable bonds is 5. The standard InChI is InChI=1S/5C20H19N2O/c1-12-5-10-17(22(4)11-12)18-13(2)6-8-15-16-9-7-14(3)21-20(16)23-19(15)18;1-12-5-9-16(22(4)11-12)18-13(2)6-8-15-19-17(23-20(15)18)10-7-14(3)21-19;1-12-5-8-17(22(4)11-12)19-13(2)6-7-15-16-9-14(3)21-10-18(16)23-20(15)19;1-12-5-8-16(22(4)11-12)18-13(2)6-7-15-19-14(3)21-10-9-17(19)23-20(15)18;1-12-9-10-16(22(4)11-12)19-14(3)21-13(2)18-15-7-5-6-8-17(15)23-20(18)19/h5*5-11H,1-4H3/q5*+1/i1D3;;;;. The Hall–Kier alpha value is -13.4. The molecule has 0 amide bonds. The van der Waals surface area contributed by atoms with Crippen molar-refractivity contribution < 1.29 is 49.0 Å². The van der Waals surface area contributed by atoms with Gasteiger partial charge >= 0.3 is 0 Å². The molecular weight excluding hydrogens is 1420 g/mol. The number of para-hydroxylation sites is 1. The Labute approximate surface area is 673 Å². The highest BCUT2D eigenvalue weighted by molar-refractivity contribution is 6.14. The van der Waals surface area contributed by atoms with E-state index in [2.05, 4.69) is 257 Å². The Morgan fingerprint density at radius 2 is 0.722 bits per heavy atom. The van der Waals surface area contributed by atoms with E-state index in [0.29, 0.717) is 11.3 Å². The number of nitrogens with zero attached hydrogens (tertiary/aromatic N) is 10. The van der Waals surface area contributed by atoms with Gasteiger partial charge in [-0.2, -0.15) is 0 Å². The molecule has 0 aliphatic rings. The molecule has 15 heteroatoms. The van der Waals surface area contributed by atoms with E-state index in [4.69, 9.17) is 31.2 Å². The van der Waals surface area contributed by atoms with E-state index in [-0.39, 0.29) is 0 Å². The Bertz CT molecular complexity index is 7270. The van der Waals surface area contributed by atoms with Crippen molar-refractivity contribution in [1.29, 1.82) is 0 Å². The van der Waals surface area contributed by atoms with Crippen LogP contribution < -0.4 is 22.8 Å². The molecule has 5 aromatic carbocycles. The Morgan fingerprint density at radius 1 is 0.287 bits per heavy atom. The predicted molar refractivity (Wildman–Crippen MR) is 462 cm³/mol. The predicted octanol–water partition coefficient (Wildman–Crippen LogP) is 22.0. The van der Waals surface area contributed by atoms with Gasteiger partial charge in [0.05, 0.1) is 39.5 Å². The summed E-state index contributed by atoms with van der Waals surface area (Å²) in [5.41, 5.74) is 36.4. The van der Waals surface area contributed by atoms with E-state index in [0.717, 1.165) is 200 Å². The summed E-state index contributed by atoms with van der Waals surface area (Å²) in [6, 6.07) is 57.9. The number of pyridine rings is 10. The third kappa shape index (κ3) is 14.1. The van der Waals surface area contributed by atoms with E-state index in [1.165, 1.54) is 38.9 Å². The van der Waals surface area contributed by atoms with E-state index < -0.39 is 6.85 Å². The first-order valence-electron chi connectivity index (χ1n) is 40.3. The minimum absolute atomic E-state index is 0.315. The lowest BCUT2D eigenvalue weighted by molar-refractivity contribution is -0.660. The van der Waals surface area contributed by atoms with Gasteiger partial charge in [-0.25, -0.2) is 32.8 Å². The van der Waals surface area contributed by atoms with Crippen molar-refractivity contribution in [1.82, 2.24) is 24.9 Å². The van der Waals surface area contributed by atoms with Gasteiger partial charge in [0.15, 0.2) is 58.9 Å². The molecule has 0 saturated heterocycles. The number of hydrogen-bond donors (Lipinski definition) is 0. The molecule has 20 aromatic rings. The lowest BCUT2D eigenvalue weighted by Gasteiger charge is -2.07. The molecule has 0 bridgehead atoms.